The van der Waals surface area contributed by atoms with Gasteiger partial charge in [0.2, 0.25) is 0 Å². The van der Waals surface area contributed by atoms with E-state index in [1.54, 1.807) is 20.0 Å². The third kappa shape index (κ3) is 2.87. The van der Waals surface area contributed by atoms with Crippen LogP contribution in [0.2, 0.25) is 0 Å². The van der Waals surface area contributed by atoms with Crippen molar-refractivity contribution >= 4 is 0 Å². The summed E-state index contributed by atoms with van der Waals surface area (Å²) < 4.78 is 0. The number of imidazole rings is 1. The third-order valence-electron chi connectivity index (χ3n) is 3.37. The first-order chi connectivity index (χ1) is 8.79. The van der Waals surface area contributed by atoms with E-state index in [-0.39, 0.29) is 0 Å². The highest BCUT2D eigenvalue weighted by Crippen LogP contribution is 2.28. The zero-order valence-corrected chi connectivity index (χ0v) is 12.3. The lowest BCUT2D eigenvalue weighted by molar-refractivity contribution is 0.0697. The van der Waals surface area contributed by atoms with Crippen molar-refractivity contribution in [1.82, 2.24) is 9.97 Å². The Labute approximate surface area is 114 Å². The molecule has 0 atom stereocenters. The van der Waals surface area contributed by atoms with Gasteiger partial charge in [-0.1, -0.05) is 26.0 Å². The second kappa shape index (κ2) is 4.82. The second-order valence-electron chi connectivity index (χ2n) is 5.93. The van der Waals surface area contributed by atoms with Gasteiger partial charge in [-0.25, -0.2) is 4.98 Å². The molecular formula is C16H22N2O. The first kappa shape index (κ1) is 13.8. The van der Waals surface area contributed by atoms with Crippen molar-refractivity contribution in [1.29, 1.82) is 0 Å². The predicted octanol–water partition coefficient (Wildman–Crippen LogP) is 3.74. The Kier molecular flexibility index (Phi) is 3.50. The Morgan fingerprint density at radius 1 is 1.26 bits per heavy atom. The van der Waals surface area contributed by atoms with E-state index < -0.39 is 5.60 Å². The Bertz CT molecular complexity index is 577. The lowest BCUT2D eigenvalue weighted by Crippen LogP contribution is -2.17. The molecule has 3 heteroatoms. The normalized spacial score (nSPS) is 12.2. The predicted molar refractivity (Wildman–Crippen MR) is 78.1 cm³/mol. The highest BCUT2D eigenvalue weighted by Gasteiger charge is 2.20. The number of H-pyrrole nitrogens is 1. The van der Waals surface area contributed by atoms with Gasteiger partial charge in [-0.3, -0.25) is 0 Å². The number of rotatable bonds is 3. The fourth-order valence-corrected chi connectivity index (χ4v) is 2.06. The zero-order chi connectivity index (χ0) is 14.2. The van der Waals surface area contributed by atoms with E-state index in [9.17, 15) is 5.11 Å². The van der Waals surface area contributed by atoms with E-state index >= 15 is 0 Å². The number of hydrogen-bond donors (Lipinski definition) is 2. The van der Waals surface area contributed by atoms with Gasteiger partial charge >= 0.3 is 0 Å². The summed E-state index contributed by atoms with van der Waals surface area (Å²) >= 11 is 0. The average molecular weight is 258 g/mol. The highest BCUT2D eigenvalue weighted by molar-refractivity contribution is 5.64. The third-order valence-corrected chi connectivity index (χ3v) is 3.37. The van der Waals surface area contributed by atoms with Gasteiger partial charge in [0.1, 0.15) is 11.4 Å². The van der Waals surface area contributed by atoms with E-state index in [0.717, 1.165) is 11.3 Å². The van der Waals surface area contributed by atoms with Gasteiger partial charge < -0.3 is 10.1 Å². The molecule has 3 nitrogen and oxygen atoms in total. The maximum Gasteiger partial charge on any atom is 0.138 e. The standard InChI is InChI=1S/C16H22N2O/c1-10(2)12-7-6-11(3)13(8-12)14-9-17-15(18-14)16(4,5)19/h6-10,19H,1-5H3,(H,17,18). The Morgan fingerprint density at radius 3 is 2.47 bits per heavy atom. The smallest absolute Gasteiger partial charge is 0.138 e. The van der Waals surface area contributed by atoms with Gasteiger partial charge in [-0.05, 0) is 43.9 Å². The molecule has 0 aliphatic rings. The molecular weight excluding hydrogens is 236 g/mol. The van der Waals surface area contributed by atoms with Crippen LogP contribution in [0.4, 0.5) is 0 Å². The number of benzene rings is 1. The van der Waals surface area contributed by atoms with Crippen molar-refractivity contribution in [3.63, 3.8) is 0 Å². The largest absolute Gasteiger partial charge is 0.383 e. The van der Waals surface area contributed by atoms with Gasteiger partial charge in [0.05, 0.1) is 11.9 Å². The molecule has 0 fully saturated rings. The van der Waals surface area contributed by atoms with Crippen molar-refractivity contribution < 1.29 is 5.11 Å². The molecule has 2 rings (SSSR count). The van der Waals surface area contributed by atoms with Crippen LogP contribution in [-0.4, -0.2) is 15.1 Å². The van der Waals surface area contributed by atoms with Crippen LogP contribution < -0.4 is 0 Å². The van der Waals surface area contributed by atoms with E-state index in [4.69, 9.17) is 0 Å². The molecule has 0 aliphatic heterocycles. The summed E-state index contributed by atoms with van der Waals surface area (Å²) in [6.45, 7) is 9.91. The Morgan fingerprint density at radius 2 is 1.95 bits per heavy atom. The summed E-state index contributed by atoms with van der Waals surface area (Å²) in [5.41, 5.74) is 3.67. The van der Waals surface area contributed by atoms with Crippen molar-refractivity contribution in [3.8, 4) is 11.3 Å². The fourth-order valence-electron chi connectivity index (χ4n) is 2.06. The topological polar surface area (TPSA) is 48.9 Å². The summed E-state index contributed by atoms with van der Waals surface area (Å²) in [7, 11) is 0. The van der Waals surface area contributed by atoms with Gasteiger partial charge in [0.15, 0.2) is 0 Å². The molecule has 0 saturated heterocycles. The monoisotopic (exact) mass is 258 g/mol. The molecule has 2 N–H and O–H groups in total. The van der Waals surface area contributed by atoms with Crippen molar-refractivity contribution in [2.24, 2.45) is 0 Å². The number of aryl methyl sites for hydroxylation is 1. The molecule has 0 radical (unpaired) electrons. The molecule has 0 amide bonds. The van der Waals surface area contributed by atoms with Crippen molar-refractivity contribution in [3.05, 3.63) is 41.3 Å². The van der Waals surface area contributed by atoms with Crippen molar-refractivity contribution in [2.45, 2.75) is 46.1 Å². The van der Waals surface area contributed by atoms with Gasteiger partial charge in [0.25, 0.3) is 0 Å². The van der Waals surface area contributed by atoms with Crippen LogP contribution in [0.1, 0.15) is 50.6 Å². The number of aromatic nitrogens is 2. The van der Waals surface area contributed by atoms with Crippen molar-refractivity contribution in [2.75, 3.05) is 0 Å². The number of aliphatic hydroxyl groups is 1. The minimum Gasteiger partial charge on any atom is -0.383 e. The van der Waals surface area contributed by atoms with Crippen LogP contribution in [0.3, 0.4) is 0 Å². The molecule has 102 valence electrons. The number of aromatic amines is 1. The molecule has 0 unspecified atom stereocenters. The summed E-state index contributed by atoms with van der Waals surface area (Å²) in [6.07, 6.45) is 1.79. The van der Waals surface area contributed by atoms with Crippen LogP contribution >= 0.6 is 0 Å². The van der Waals surface area contributed by atoms with E-state index in [2.05, 4.69) is 48.9 Å². The van der Waals surface area contributed by atoms with E-state index in [1.165, 1.54) is 11.1 Å². The first-order valence-electron chi connectivity index (χ1n) is 6.68. The Balaban J connectivity index is 2.47. The second-order valence-corrected chi connectivity index (χ2v) is 5.93. The number of nitrogens with zero attached hydrogens (tertiary/aromatic N) is 1. The molecule has 0 aliphatic carbocycles. The SMILES string of the molecule is Cc1ccc(C(C)C)cc1-c1cnc(C(C)(C)O)[nH]1. The lowest BCUT2D eigenvalue weighted by atomic mass is 9.96. The molecule has 1 aromatic heterocycles. The number of hydrogen-bond acceptors (Lipinski definition) is 2. The van der Waals surface area contributed by atoms with Gasteiger partial charge in [0, 0.05) is 5.56 Å². The number of nitrogens with one attached hydrogen (secondary N) is 1. The van der Waals surface area contributed by atoms with Crippen LogP contribution in [0.15, 0.2) is 24.4 Å². The molecule has 1 heterocycles. The average Bonchev–Trinajstić information content (AvgIpc) is 2.78. The van der Waals surface area contributed by atoms with Gasteiger partial charge in [-0.15, -0.1) is 0 Å². The molecule has 0 saturated carbocycles. The maximum atomic E-state index is 9.97. The quantitative estimate of drug-likeness (QED) is 0.881. The van der Waals surface area contributed by atoms with E-state index in [1.807, 2.05) is 0 Å². The molecule has 2 aromatic rings. The van der Waals surface area contributed by atoms with E-state index in [0.29, 0.717) is 11.7 Å². The lowest BCUT2D eigenvalue weighted by Gasteiger charge is -2.13. The van der Waals surface area contributed by atoms with Crippen LogP contribution in [0.25, 0.3) is 11.3 Å². The molecule has 0 bridgehead atoms. The van der Waals surface area contributed by atoms with Gasteiger partial charge in [-0.2, -0.15) is 0 Å². The Hall–Kier alpha value is -1.61. The summed E-state index contributed by atoms with van der Waals surface area (Å²) in [4.78, 5) is 7.49. The van der Waals surface area contributed by atoms with Crippen LogP contribution in [0.5, 0.6) is 0 Å². The summed E-state index contributed by atoms with van der Waals surface area (Å²) in [6, 6.07) is 6.49. The summed E-state index contributed by atoms with van der Waals surface area (Å²) in [5.74, 6) is 1.09. The summed E-state index contributed by atoms with van der Waals surface area (Å²) in [5, 5.41) is 9.97. The molecule has 1 aromatic carbocycles. The zero-order valence-electron chi connectivity index (χ0n) is 12.3. The minimum absolute atomic E-state index is 0.496. The highest BCUT2D eigenvalue weighted by atomic mass is 16.3. The fraction of sp³-hybridized carbons (Fsp3) is 0.438. The van der Waals surface area contributed by atoms with Crippen LogP contribution in [-0.2, 0) is 5.60 Å². The minimum atomic E-state index is -0.943. The van der Waals surface area contributed by atoms with Crippen LogP contribution in [0, 0.1) is 6.92 Å². The maximum absolute atomic E-state index is 9.97. The molecule has 0 spiro atoms. The first-order valence-corrected chi connectivity index (χ1v) is 6.68. The molecule has 19 heavy (non-hydrogen) atoms.